The predicted molar refractivity (Wildman–Crippen MR) is 95.1 cm³/mol. The quantitative estimate of drug-likeness (QED) is 0.505. The zero-order chi connectivity index (χ0) is 16.1. The van der Waals surface area contributed by atoms with Crippen LogP contribution in [0.25, 0.3) is 10.9 Å². The molecule has 3 rings (SSSR count). The van der Waals surface area contributed by atoms with Gasteiger partial charge in [0, 0.05) is 42.1 Å². The molecule has 0 amide bonds. The van der Waals surface area contributed by atoms with Gasteiger partial charge in [0.25, 0.3) is 0 Å². The minimum absolute atomic E-state index is 0.332. The van der Waals surface area contributed by atoms with Gasteiger partial charge in [0.15, 0.2) is 0 Å². The smallest absolute Gasteiger partial charge is 0.133 e. The number of aromatic nitrogens is 2. The number of benzene rings is 1. The molecule has 0 spiro atoms. The lowest BCUT2D eigenvalue weighted by atomic mass is 10.2. The Kier molecular flexibility index (Phi) is 4.84. The fourth-order valence-electron chi connectivity index (χ4n) is 2.52. The van der Waals surface area contributed by atoms with Gasteiger partial charge in [0.05, 0.1) is 6.07 Å². The average molecular weight is 322 g/mol. The summed E-state index contributed by atoms with van der Waals surface area (Å²) in [6.45, 7) is 3.58. The van der Waals surface area contributed by atoms with E-state index in [1.807, 2.05) is 12.3 Å². The van der Waals surface area contributed by atoms with Crippen LogP contribution in [-0.4, -0.2) is 22.3 Å². The number of aliphatic imine (C=N–C) groups is 1. The highest BCUT2D eigenvalue weighted by molar-refractivity contribution is 7.09. The molecule has 0 aliphatic carbocycles. The van der Waals surface area contributed by atoms with E-state index in [-0.39, 0.29) is 5.92 Å². The highest BCUT2D eigenvalue weighted by Crippen LogP contribution is 2.18. The van der Waals surface area contributed by atoms with E-state index in [1.165, 1.54) is 22.2 Å². The van der Waals surface area contributed by atoms with Crippen LogP contribution in [-0.2, 0) is 6.54 Å². The molecular formula is C18H18N4S. The van der Waals surface area contributed by atoms with Crippen molar-refractivity contribution in [2.75, 3.05) is 6.54 Å². The van der Waals surface area contributed by atoms with Crippen molar-refractivity contribution in [3.63, 3.8) is 0 Å². The molecule has 2 aromatic heterocycles. The molecule has 5 heteroatoms. The van der Waals surface area contributed by atoms with Crippen LogP contribution in [0.5, 0.6) is 0 Å². The molecular weight excluding hydrogens is 304 g/mol. The third-order valence-electron chi connectivity index (χ3n) is 3.66. The number of nitriles is 1. The van der Waals surface area contributed by atoms with Crippen molar-refractivity contribution in [1.29, 1.82) is 5.26 Å². The van der Waals surface area contributed by atoms with E-state index in [0.29, 0.717) is 0 Å². The summed E-state index contributed by atoms with van der Waals surface area (Å²) in [7, 11) is 0. The fraction of sp³-hybridized carbons (Fsp3) is 0.278. The lowest BCUT2D eigenvalue weighted by Crippen LogP contribution is -2.00. The van der Waals surface area contributed by atoms with E-state index in [4.69, 9.17) is 0 Å². The Morgan fingerprint density at radius 2 is 2.26 bits per heavy atom. The zero-order valence-electron chi connectivity index (χ0n) is 13.0. The van der Waals surface area contributed by atoms with Crippen molar-refractivity contribution in [3.8, 4) is 6.07 Å². The van der Waals surface area contributed by atoms with Crippen LogP contribution < -0.4 is 0 Å². The highest BCUT2D eigenvalue weighted by Gasteiger charge is 2.11. The molecule has 0 N–H and O–H groups in total. The largest absolute Gasteiger partial charge is 0.347 e. The van der Waals surface area contributed by atoms with Crippen molar-refractivity contribution >= 4 is 28.5 Å². The molecule has 23 heavy (non-hydrogen) atoms. The second kappa shape index (κ2) is 7.21. The van der Waals surface area contributed by atoms with Crippen molar-refractivity contribution in [2.24, 2.45) is 4.99 Å². The number of hydrogen-bond donors (Lipinski definition) is 0. The molecule has 2 heterocycles. The Morgan fingerprint density at radius 1 is 1.39 bits per heavy atom. The molecule has 0 radical (unpaired) electrons. The van der Waals surface area contributed by atoms with Gasteiger partial charge in [-0.05, 0) is 30.9 Å². The lowest BCUT2D eigenvalue weighted by Gasteiger charge is -2.04. The van der Waals surface area contributed by atoms with Crippen molar-refractivity contribution in [3.05, 3.63) is 52.6 Å². The summed E-state index contributed by atoms with van der Waals surface area (Å²) < 4.78 is 2.25. The first kappa shape index (κ1) is 15.4. The molecule has 0 saturated heterocycles. The van der Waals surface area contributed by atoms with E-state index >= 15 is 0 Å². The summed E-state index contributed by atoms with van der Waals surface area (Å²) >= 11 is 1.52. The Bertz CT molecular complexity index is 853. The first-order valence-corrected chi connectivity index (χ1v) is 8.51. The maximum atomic E-state index is 9.24. The van der Waals surface area contributed by atoms with Crippen molar-refractivity contribution in [1.82, 2.24) is 9.55 Å². The van der Waals surface area contributed by atoms with Gasteiger partial charge in [-0.3, -0.25) is 4.99 Å². The van der Waals surface area contributed by atoms with Crippen LogP contribution in [0, 0.1) is 18.3 Å². The van der Waals surface area contributed by atoms with Crippen molar-refractivity contribution in [2.45, 2.75) is 25.8 Å². The zero-order valence-corrected chi connectivity index (χ0v) is 13.8. The topological polar surface area (TPSA) is 54.0 Å². The Hall–Kier alpha value is -2.45. The molecule has 0 aliphatic heterocycles. The molecule has 0 saturated carbocycles. The van der Waals surface area contributed by atoms with Gasteiger partial charge in [0.2, 0.25) is 0 Å². The van der Waals surface area contributed by atoms with E-state index < -0.39 is 0 Å². The fourth-order valence-corrected chi connectivity index (χ4v) is 3.32. The van der Waals surface area contributed by atoms with Gasteiger partial charge in [0.1, 0.15) is 10.9 Å². The molecule has 0 fully saturated rings. The second-order valence-corrected chi connectivity index (χ2v) is 6.30. The van der Waals surface area contributed by atoms with E-state index in [1.54, 1.807) is 6.21 Å². The molecule has 0 bridgehead atoms. The number of hydrogen-bond acceptors (Lipinski definition) is 4. The third-order valence-corrected chi connectivity index (χ3v) is 4.71. The first-order valence-electron chi connectivity index (χ1n) is 7.63. The molecule has 0 aliphatic rings. The normalized spacial score (nSPS) is 12.7. The van der Waals surface area contributed by atoms with Gasteiger partial charge >= 0.3 is 0 Å². The van der Waals surface area contributed by atoms with Gasteiger partial charge in [-0.1, -0.05) is 18.2 Å². The number of para-hydroxylation sites is 1. The minimum Gasteiger partial charge on any atom is -0.347 e. The summed E-state index contributed by atoms with van der Waals surface area (Å²) in [5.74, 6) is -0.332. The maximum Gasteiger partial charge on any atom is 0.133 e. The standard InChI is InChI=1S/C18H18N4S/c1-14-13-23-18(21-14)16(11-19)12-20-8-4-9-22-10-7-15-5-2-3-6-17(15)22/h2-3,5-7,10,12-13,16H,4,8-9H2,1H3/t16-/m0/s1. The van der Waals surface area contributed by atoms with Crippen LogP contribution in [0.3, 0.4) is 0 Å². The Labute approximate surface area is 139 Å². The molecule has 0 unspecified atom stereocenters. The monoisotopic (exact) mass is 322 g/mol. The summed E-state index contributed by atoms with van der Waals surface area (Å²) in [5, 5.41) is 13.3. The number of aryl methyl sites for hydroxylation is 2. The van der Waals surface area contributed by atoms with Crippen LogP contribution in [0.15, 0.2) is 46.9 Å². The Balaban J connectivity index is 1.54. The van der Waals surface area contributed by atoms with E-state index in [0.717, 1.165) is 30.2 Å². The molecule has 3 aromatic rings. The number of thiazole rings is 1. The van der Waals surface area contributed by atoms with E-state index in [2.05, 4.69) is 57.1 Å². The highest BCUT2D eigenvalue weighted by atomic mass is 32.1. The number of fused-ring (bicyclic) bond motifs is 1. The molecule has 1 atom stereocenters. The molecule has 116 valence electrons. The maximum absolute atomic E-state index is 9.24. The van der Waals surface area contributed by atoms with Gasteiger partial charge in [-0.15, -0.1) is 11.3 Å². The average Bonchev–Trinajstić information content (AvgIpc) is 3.18. The van der Waals surface area contributed by atoms with E-state index in [9.17, 15) is 5.26 Å². The summed E-state index contributed by atoms with van der Waals surface area (Å²) in [4.78, 5) is 8.77. The third kappa shape index (κ3) is 3.66. The number of nitrogens with zero attached hydrogens (tertiary/aromatic N) is 4. The van der Waals surface area contributed by atoms with Gasteiger partial charge in [-0.2, -0.15) is 5.26 Å². The summed E-state index contributed by atoms with van der Waals surface area (Å²) in [6, 6.07) is 12.8. The second-order valence-electron chi connectivity index (χ2n) is 5.41. The molecule has 4 nitrogen and oxygen atoms in total. The number of rotatable bonds is 6. The minimum atomic E-state index is -0.332. The summed E-state index contributed by atoms with van der Waals surface area (Å²) in [6.07, 6.45) is 4.79. The van der Waals surface area contributed by atoms with Gasteiger partial charge < -0.3 is 4.57 Å². The predicted octanol–water partition coefficient (Wildman–Crippen LogP) is 4.17. The first-order chi connectivity index (χ1) is 11.3. The molecule has 1 aromatic carbocycles. The lowest BCUT2D eigenvalue weighted by molar-refractivity contribution is 0.672. The van der Waals surface area contributed by atoms with Crippen LogP contribution in [0.1, 0.15) is 23.0 Å². The Morgan fingerprint density at radius 3 is 3.04 bits per heavy atom. The SMILES string of the molecule is Cc1csc([C@@H](C#N)C=NCCCn2ccc3ccccc32)n1. The van der Waals surface area contributed by atoms with Crippen LogP contribution in [0.2, 0.25) is 0 Å². The van der Waals surface area contributed by atoms with Crippen LogP contribution in [0.4, 0.5) is 0 Å². The van der Waals surface area contributed by atoms with Gasteiger partial charge in [-0.25, -0.2) is 4.98 Å². The summed E-state index contributed by atoms with van der Waals surface area (Å²) in [5.41, 5.74) is 2.21. The van der Waals surface area contributed by atoms with Crippen molar-refractivity contribution < 1.29 is 0 Å². The van der Waals surface area contributed by atoms with Crippen LogP contribution >= 0.6 is 11.3 Å².